The molecule has 0 spiro atoms. The van der Waals surface area contributed by atoms with E-state index >= 15 is 0 Å². The highest BCUT2D eigenvalue weighted by molar-refractivity contribution is 6.32. The molecule has 0 aromatic heterocycles. The Morgan fingerprint density at radius 3 is 2.56 bits per heavy atom. The molecule has 2 aromatic rings. The third-order valence-electron chi connectivity index (χ3n) is 3.78. The van der Waals surface area contributed by atoms with Crippen LogP contribution in [0.3, 0.4) is 0 Å². The molecule has 2 unspecified atom stereocenters. The lowest BCUT2D eigenvalue weighted by atomic mass is 10.0. The number of nitrogens with one attached hydrogen (secondary N) is 1. The highest BCUT2D eigenvalue weighted by Gasteiger charge is 2.18. The Morgan fingerprint density at radius 2 is 1.88 bits per heavy atom. The summed E-state index contributed by atoms with van der Waals surface area (Å²) in [7, 11) is 0. The molecule has 25 heavy (non-hydrogen) atoms. The van der Waals surface area contributed by atoms with E-state index in [0.29, 0.717) is 22.0 Å². The summed E-state index contributed by atoms with van der Waals surface area (Å²) in [6.45, 7) is 5.12. The van der Waals surface area contributed by atoms with Crippen LogP contribution >= 0.6 is 11.6 Å². The summed E-state index contributed by atoms with van der Waals surface area (Å²) in [6.07, 6.45) is -0.764. The number of carbonyl (C=O) groups is 2. The number of ether oxygens (including phenoxy) is 1. The van der Waals surface area contributed by atoms with Gasteiger partial charge in [0.15, 0.2) is 6.10 Å². The van der Waals surface area contributed by atoms with Crippen molar-refractivity contribution in [2.45, 2.75) is 32.8 Å². The molecule has 6 heteroatoms. The summed E-state index contributed by atoms with van der Waals surface area (Å²) in [5.41, 5.74) is 2.10. The molecule has 5 nitrogen and oxygen atoms in total. The number of amides is 1. The quantitative estimate of drug-likeness (QED) is 0.806. The Labute approximate surface area is 151 Å². The predicted octanol–water partition coefficient (Wildman–Crippen LogP) is 4.24. The van der Waals surface area contributed by atoms with Gasteiger partial charge in [-0.15, -0.1) is 0 Å². The Morgan fingerprint density at radius 1 is 1.16 bits per heavy atom. The Kier molecular flexibility index (Phi) is 6.04. The van der Waals surface area contributed by atoms with E-state index in [1.54, 1.807) is 50.2 Å². The fraction of sp³-hybridized carbons (Fsp3) is 0.263. The Hall–Kier alpha value is -2.53. The molecule has 2 atom stereocenters. The lowest BCUT2D eigenvalue weighted by molar-refractivity contribution is -0.138. The normalized spacial score (nSPS) is 13.0. The zero-order chi connectivity index (χ0) is 18.6. The van der Waals surface area contributed by atoms with Crippen molar-refractivity contribution < 1.29 is 19.4 Å². The van der Waals surface area contributed by atoms with Crippen LogP contribution in [0.1, 0.15) is 30.9 Å². The number of anilines is 1. The molecule has 2 N–H and O–H groups in total. The highest BCUT2D eigenvalue weighted by atomic mass is 35.5. The van der Waals surface area contributed by atoms with Gasteiger partial charge in [-0.2, -0.15) is 0 Å². The van der Waals surface area contributed by atoms with Crippen LogP contribution < -0.4 is 10.1 Å². The van der Waals surface area contributed by atoms with Crippen LogP contribution in [0.15, 0.2) is 42.5 Å². The van der Waals surface area contributed by atoms with Gasteiger partial charge >= 0.3 is 5.97 Å². The average molecular weight is 362 g/mol. The maximum Gasteiger partial charge on any atom is 0.310 e. The van der Waals surface area contributed by atoms with Gasteiger partial charge in [0, 0.05) is 5.69 Å². The molecule has 0 aliphatic rings. The number of aliphatic carboxylic acids is 1. The molecule has 2 rings (SSSR count). The number of aryl methyl sites for hydroxylation is 1. The van der Waals surface area contributed by atoms with Gasteiger partial charge in [0.1, 0.15) is 5.75 Å². The first-order valence-corrected chi connectivity index (χ1v) is 8.22. The third kappa shape index (κ3) is 4.97. The number of halogens is 1. The van der Waals surface area contributed by atoms with Crippen molar-refractivity contribution in [1.82, 2.24) is 0 Å². The molecule has 0 bridgehead atoms. The molecule has 2 aromatic carbocycles. The molecule has 0 saturated carbocycles. The highest BCUT2D eigenvalue weighted by Crippen LogP contribution is 2.26. The summed E-state index contributed by atoms with van der Waals surface area (Å²) in [6, 6.07) is 12.1. The van der Waals surface area contributed by atoms with Crippen LogP contribution in [0.25, 0.3) is 0 Å². The van der Waals surface area contributed by atoms with Gasteiger partial charge < -0.3 is 15.2 Å². The molecule has 132 valence electrons. The summed E-state index contributed by atoms with van der Waals surface area (Å²) >= 11 is 6.08. The summed E-state index contributed by atoms with van der Waals surface area (Å²) in [4.78, 5) is 23.4. The maximum absolute atomic E-state index is 12.3. The average Bonchev–Trinajstić information content (AvgIpc) is 2.57. The Balaban J connectivity index is 2.07. The van der Waals surface area contributed by atoms with Crippen LogP contribution in [0, 0.1) is 6.92 Å². The maximum atomic E-state index is 12.3. The van der Waals surface area contributed by atoms with Crippen molar-refractivity contribution in [3.05, 3.63) is 58.6 Å². The van der Waals surface area contributed by atoms with Crippen molar-refractivity contribution in [2.75, 3.05) is 5.32 Å². The lowest BCUT2D eigenvalue weighted by Gasteiger charge is -2.16. The van der Waals surface area contributed by atoms with Crippen molar-refractivity contribution in [3.63, 3.8) is 0 Å². The number of carboxylic acid groups (broad SMARTS) is 1. The van der Waals surface area contributed by atoms with Crippen LogP contribution in [-0.2, 0) is 9.59 Å². The monoisotopic (exact) mass is 361 g/mol. The van der Waals surface area contributed by atoms with Gasteiger partial charge in [-0.3, -0.25) is 9.59 Å². The minimum atomic E-state index is -0.922. The minimum absolute atomic E-state index is 0.349. The zero-order valence-corrected chi connectivity index (χ0v) is 15.0. The van der Waals surface area contributed by atoms with E-state index in [9.17, 15) is 9.59 Å². The first kappa shape index (κ1) is 18.8. The van der Waals surface area contributed by atoms with Crippen molar-refractivity contribution >= 4 is 29.2 Å². The summed E-state index contributed by atoms with van der Waals surface area (Å²) in [5.74, 6) is -1.49. The second-order valence-corrected chi connectivity index (χ2v) is 6.28. The van der Waals surface area contributed by atoms with Crippen molar-refractivity contribution in [2.24, 2.45) is 0 Å². The number of benzene rings is 2. The van der Waals surface area contributed by atoms with Gasteiger partial charge in [-0.25, -0.2) is 0 Å². The van der Waals surface area contributed by atoms with Crippen LogP contribution in [0.5, 0.6) is 5.75 Å². The zero-order valence-electron chi connectivity index (χ0n) is 14.2. The van der Waals surface area contributed by atoms with E-state index in [1.807, 2.05) is 13.0 Å². The topological polar surface area (TPSA) is 75.6 Å². The second-order valence-electron chi connectivity index (χ2n) is 5.87. The SMILES string of the molecule is Cc1ccc(Cl)c(OC(C)C(=O)Nc2cccc(C(C)C(=O)O)c2)c1. The third-order valence-corrected chi connectivity index (χ3v) is 4.10. The van der Waals surface area contributed by atoms with Crippen LogP contribution in [0.2, 0.25) is 5.02 Å². The largest absolute Gasteiger partial charge is 0.481 e. The minimum Gasteiger partial charge on any atom is -0.481 e. The smallest absolute Gasteiger partial charge is 0.310 e. The molecule has 1 amide bonds. The Bertz CT molecular complexity index is 791. The van der Waals surface area contributed by atoms with E-state index in [4.69, 9.17) is 21.4 Å². The van der Waals surface area contributed by atoms with E-state index < -0.39 is 18.0 Å². The first-order chi connectivity index (χ1) is 11.8. The number of carboxylic acids is 1. The molecule has 0 saturated heterocycles. The molecule has 0 heterocycles. The summed E-state index contributed by atoms with van der Waals surface area (Å²) < 4.78 is 5.64. The first-order valence-electron chi connectivity index (χ1n) is 7.84. The molecule has 0 fully saturated rings. The van der Waals surface area contributed by atoms with Gasteiger partial charge in [-0.1, -0.05) is 29.8 Å². The van der Waals surface area contributed by atoms with Crippen LogP contribution in [-0.4, -0.2) is 23.1 Å². The predicted molar refractivity (Wildman–Crippen MR) is 97.4 cm³/mol. The fourth-order valence-electron chi connectivity index (χ4n) is 2.22. The van der Waals surface area contributed by atoms with E-state index in [-0.39, 0.29) is 5.91 Å². The fourth-order valence-corrected chi connectivity index (χ4v) is 2.38. The van der Waals surface area contributed by atoms with E-state index in [0.717, 1.165) is 5.56 Å². The number of carbonyl (C=O) groups excluding carboxylic acids is 1. The molecule has 0 aliphatic carbocycles. The summed E-state index contributed by atoms with van der Waals surface area (Å²) in [5, 5.41) is 12.3. The number of rotatable bonds is 6. The molecular weight excluding hydrogens is 342 g/mol. The van der Waals surface area contributed by atoms with Crippen molar-refractivity contribution in [1.29, 1.82) is 0 Å². The lowest BCUT2D eigenvalue weighted by Crippen LogP contribution is -2.30. The molecule has 0 radical (unpaired) electrons. The van der Waals surface area contributed by atoms with E-state index in [2.05, 4.69) is 5.32 Å². The molecular formula is C19H20ClNO4. The second kappa shape index (κ2) is 8.03. The van der Waals surface area contributed by atoms with Gasteiger partial charge in [0.25, 0.3) is 5.91 Å². The van der Waals surface area contributed by atoms with Gasteiger partial charge in [-0.05, 0) is 56.2 Å². The van der Waals surface area contributed by atoms with Crippen molar-refractivity contribution in [3.8, 4) is 5.75 Å². The number of hydrogen-bond donors (Lipinski definition) is 2. The number of hydrogen-bond acceptors (Lipinski definition) is 3. The van der Waals surface area contributed by atoms with Gasteiger partial charge in [0.05, 0.1) is 10.9 Å². The standard InChI is InChI=1S/C19H20ClNO4/c1-11-7-8-16(20)17(9-11)25-13(3)18(22)21-15-6-4-5-14(10-15)12(2)19(23)24/h4-10,12-13H,1-3H3,(H,21,22)(H,23,24). The van der Waals surface area contributed by atoms with Crippen LogP contribution in [0.4, 0.5) is 5.69 Å². The van der Waals surface area contributed by atoms with E-state index in [1.165, 1.54) is 0 Å². The van der Waals surface area contributed by atoms with Gasteiger partial charge in [0.2, 0.25) is 0 Å². The molecule has 0 aliphatic heterocycles.